The second kappa shape index (κ2) is 7.44. The molecule has 26 heavy (non-hydrogen) atoms. The Hall–Kier alpha value is -3.07. The van der Waals surface area contributed by atoms with E-state index >= 15 is 0 Å². The molecule has 4 rings (SSSR count). The van der Waals surface area contributed by atoms with Gasteiger partial charge >= 0.3 is 0 Å². The molecule has 0 spiro atoms. The van der Waals surface area contributed by atoms with E-state index in [1.807, 2.05) is 24.3 Å². The first-order valence-corrected chi connectivity index (χ1v) is 8.97. The highest BCUT2D eigenvalue weighted by molar-refractivity contribution is 5.76. The van der Waals surface area contributed by atoms with Crippen LogP contribution in [0.4, 0.5) is 0 Å². The number of rotatable bonds is 6. The molecule has 0 radical (unpaired) electrons. The fraction of sp³-hybridized carbons (Fsp3) is 0.174. The highest BCUT2D eigenvalue weighted by Crippen LogP contribution is 2.19. The highest BCUT2D eigenvalue weighted by atomic mass is 16.5. The van der Waals surface area contributed by atoms with Crippen molar-refractivity contribution in [2.24, 2.45) is 0 Å². The first-order valence-electron chi connectivity index (χ1n) is 8.97. The van der Waals surface area contributed by atoms with Crippen LogP contribution in [0, 0.1) is 6.92 Å². The molecule has 0 amide bonds. The lowest BCUT2D eigenvalue weighted by atomic mass is 10.1. The summed E-state index contributed by atoms with van der Waals surface area (Å²) in [6, 6.07) is 27.0. The minimum atomic E-state index is 0.617. The highest BCUT2D eigenvalue weighted by Gasteiger charge is 2.11. The van der Waals surface area contributed by atoms with Gasteiger partial charge in [0.1, 0.15) is 18.2 Å². The molecule has 3 heteroatoms. The largest absolute Gasteiger partial charge is 0.492 e. The smallest absolute Gasteiger partial charge is 0.119 e. The number of hydrogen-bond donors (Lipinski definition) is 0. The zero-order valence-electron chi connectivity index (χ0n) is 14.9. The molecular formula is C23H22N2O. The van der Waals surface area contributed by atoms with E-state index in [-0.39, 0.29) is 0 Å². The van der Waals surface area contributed by atoms with E-state index in [2.05, 4.69) is 66.1 Å². The molecule has 0 saturated carbocycles. The van der Waals surface area contributed by atoms with Gasteiger partial charge in [0.2, 0.25) is 0 Å². The molecule has 1 aromatic heterocycles. The number of benzene rings is 3. The Labute approximate surface area is 153 Å². The van der Waals surface area contributed by atoms with E-state index in [0.717, 1.165) is 35.6 Å². The van der Waals surface area contributed by atoms with E-state index in [1.54, 1.807) is 0 Å². The lowest BCUT2D eigenvalue weighted by Gasteiger charge is -2.11. The van der Waals surface area contributed by atoms with E-state index < -0.39 is 0 Å². The molecule has 0 N–H and O–H groups in total. The maximum atomic E-state index is 5.97. The summed E-state index contributed by atoms with van der Waals surface area (Å²) in [5.41, 5.74) is 4.67. The third-order valence-corrected chi connectivity index (χ3v) is 4.51. The zero-order valence-corrected chi connectivity index (χ0v) is 14.9. The molecule has 3 aromatic carbocycles. The van der Waals surface area contributed by atoms with Crippen LogP contribution in [0.1, 0.15) is 17.0 Å². The first kappa shape index (κ1) is 16.4. The molecule has 3 nitrogen and oxygen atoms in total. The predicted octanol–water partition coefficient (Wildman–Crippen LogP) is 5.01. The van der Waals surface area contributed by atoms with Crippen molar-refractivity contribution < 1.29 is 4.74 Å². The molecule has 0 aliphatic rings. The van der Waals surface area contributed by atoms with Gasteiger partial charge in [-0.3, -0.25) is 0 Å². The molecule has 0 aliphatic heterocycles. The molecular weight excluding hydrogens is 320 g/mol. The summed E-state index contributed by atoms with van der Waals surface area (Å²) in [6.45, 7) is 3.47. The summed E-state index contributed by atoms with van der Waals surface area (Å²) in [7, 11) is 0. The Morgan fingerprint density at radius 3 is 2.54 bits per heavy atom. The Balaban J connectivity index is 1.57. The van der Waals surface area contributed by atoms with Crippen molar-refractivity contribution in [2.45, 2.75) is 19.9 Å². The van der Waals surface area contributed by atoms with Crippen molar-refractivity contribution in [3.05, 3.63) is 95.8 Å². The number of nitrogens with zero attached hydrogens (tertiary/aromatic N) is 2. The van der Waals surface area contributed by atoms with Crippen molar-refractivity contribution >= 4 is 11.0 Å². The number of aromatic nitrogens is 2. The van der Waals surface area contributed by atoms with Gasteiger partial charge in [0, 0.05) is 6.42 Å². The van der Waals surface area contributed by atoms with Crippen LogP contribution in [0.3, 0.4) is 0 Å². The van der Waals surface area contributed by atoms with Gasteiger partial charge in [-0.2, -0.15) is 0 Å². The molecule has 0 aliphatic carbocycles. The summed E-state index contributed by atoms with van der Waals surface area (Å²) in [4.78, 5) is 4.86. The number of para-hydroxylation sites is 2. The Morgan fingerprint density at radius 2 is 1.69 bits per heavy atom. The fourth-order valence-corrected chi connectivity index (χ4v) is 3.25. The maximum absolute atomic E-state index is 5.97. The van der Waals surface area contributed by atoms with Crippen LogP contribution >= 0.6 is 0 Å². The van der Waals surface area contributed by atoms with Crippen LogP contribution in [0.5, 0.6) is 5.75 Å². The normalized spacial score (nSPS) is 11.0. The van der Waals surface area contributed by atoms with E-state index in [9.17, 15) is 0 Å². The van der Waals surface area contributed by atoms with E-state index in [4.69, 9.17) is 9.72 Å². The number of imidazole rings is 1. The fourth-order valence-electron chi connectivity index (χ4n) is 3.25. The van der Waals surface area contributed by atoms with Crippen LogP contribution in [-0.2, 0) is 13.0 Å². The standard InChI is InChI=1S/C23H22N2O/c1-18-8-7-11-20(16-18)26-15-14-25-22-13-6-5-12-21(22)24-23(25)17-19-9-3-2-4-10-19/h2-13,16H,14-15,17H2,1H3. The summed E-state index contributed by atoms with van der Waals surface area (Å²) >= 11 is 0. The van der Waals surface area contributed by atoms with Gasteiger partial charge < -0.3 is 9.30 Å². The van der Waals surface area contributed by atoms with Crippen molar-refractivity contribution in [2.75, 3.05) is 6.61 Å². The van der Waals surface area contributed by atoms with Gasteiger partial charge in [0.25, 0.3) is 0 Å². The van der Waals surface area contributed by atoms with Crippen LogP contribution in [0.25, 0.3) is 11.0 Å². The van der Waals surface area contributed by atoms with Crippen LogP contribution in [-0.4, -0.2) is 16.2 Å². The van der Waals surface area contributed by atoms with Gasteiger partial charge in [0.05, 0.1) is 17.6 Å². The number of aryl methyl sites for hydroxylation is 1. The third-order valence-electron chi connectivity index (χ3n) is 4.51. The Morgan fingerprint density at radius 1 is 0.885 bits per heavy atom. The van der Waals surface area contributed by atoms with E-state index in [1.165, 1.54) is 11.1 Å². The molecule has 1 heterocycles. The lowest BCUT2D eigenvalue weighted by Crippen LogP contribution is -2.11. The summed E-state index contributed by atoms with van der Waals surface area (Å²) in [5.74, 6) is 1.99. The van der Waals surface area contributed by atoms with E-state index in [0.29, 0.717) is 6.61 Å². The second-order valence-corrected chi connectivity index (χ2v) is 6.50. The molecule has 130 valence electrons. The van der Waals surface area contributed by atoms with Crippen molar-refractivity contribution in [1.82, 2.24) is 9.55 Å². The minimum absolute atomic E-state index is 0.617. The molecule has 0 fully saturated rings. The average molecular weight is 342 g/mol. The van der Waals surface area contributed by atoms with Gasteiger partial charge in [-0.05, 0) is 42.3 Å². The summed E-state index contributed by atoms with van der Waals surface area (Å²) < 4.78 is 8.24. The minimum Gasteiger partial charge on any atom is -0.492 e. The number of hydrogen-bond acceptors (Lipinski definition) is 2. The second-order valence-electron chi connectivity index (χ2n) is 6.50. The van der Waals surface area contributed by atoms with Crippen LogP contribution in [0.15, 0.2) is 78.9 Å². The van der Waals surface area contributed by atoms with Crippen molar-refractivity contribution in [3.8, 4) is 5.75 Å². The summed E-state index contributed by atoms with van der Waals surface area (Å²) in [6.07, 6.45) is 0.819. The number of fused-ring (bicyclic) bond motifs is 1. The first-order chi connectivity index (χ1) is 12.8. The Kier molecular flexibility index (Phi) is 4.69. The number of ether oxygens (including phenoxy) is 1. The Bertz CT molecular complexity index is 1010. The third kappa shape index (κ3) is 3.62. The monoisotopic (exact) mass is 342 g/mol. The van der Waals surface area contributed by atoms with Gasteiger partial charge in [-0.15, -0.1) is 0 Å². The average Bonchev–Trinajstić information content (AvgIpc) is 3.00. The molecule has 0 bridgehead atoms. The SMILES string of the molecule is Cc1cccc(OCCn2c(Cc3ccccc3)nc3ccccc32)c1. The molecule has 4 aromatic rings. The van der Waals surface area contributed by atoms with Gasteiger partial charge in [0.15, 0.2) is 0 Å². The van der Waals surface area contributed by atoms with Gasteiger partial charge in [-0.25, -0.2) is 4.98 Å². The predicted molar refractivity (Wildman–Crippen MR) is 106 cm³/mol. The summed E-state index contributed by atoms with van der Waals surface area (Å²) in [5, 5.41) is 0. The zero-order chi connectivity index (χ0) is 17.8. The van der Waals surface area contributed by atoms with Crippen LogP contribution in [0.2, 0.25) is 0 Å². The van der Waals surface area contributed by atoms with Crippen LogP contribution < -0.4 is 4.74 Å². The maximum Gasteiger partial charge on any atom is 0.119 e. The lowest BCUT2D eigenvalue weighted by molar-refractivity contribution is 0.298. The van der Waals surface area contributed by atoms with Gasteiger partial charge in [-0.1, -0.05) is 54.6 Å². The van der Waals surface area contributed by atoms with Crippen molar-refractivity contribution in [1.29, 1.82) is 0 Å². The molecule has 0 atom stereocenters. The molecule has 0 unspecified atom stereocenters. The topological polar surface area (TPSA) is 27.1 Å². The molecule has 0 saturated heterocycles. The van der Waals surface area contributed by atoms with Crippen molar-refractivity contribution in [3.63, 3.8) is 0 Å². The quantitative estimate of drug-likeness (QED) is 0.492.